The van der Waals surface area contributed by atoms with Crippen LogP contribution in [-0.4, -0.2) is 28.4 Å². The molecule has 1 fully saturated rings. The zero-order valence-electron chi connectivity index (χ0n) is 12.0. The smallest absolute Gasteiger partial charge is 0.308 e. The van der Waals surface area contributed by atoms with Crippen LogP contribution in [0.5, 0.6) is 0 Å². The minimum absolute atomic E-state index is 0.0841. The first-order valence-corrected chi connectivity index (χ1v) is 8.01. The Morgan fingerprint density at radius 1 is 1.45 bits per heavy atom. The zero-order valence-corrected chi connectivity index (χ0v) is 12.8. The van der Waals surface area contributed by atoms with Gasteiger partial charge < -0.3 is 10.0 Å². The van der Waals surface area contributed by atoms with Crippen LogP contribution in [-0.2, 0) is 16.0 Å². The molecule has 1 aromatic rings. The standard InChI is InChI=1S/C15H21NO3S/c1-3-9-16-13(17)8-6-11(15(18)19)14(16)12-7-5-10(4-2)20-12/h5,7,11,14H,3-4,6,8-9H2,1-2H3,(H,18,19). The first-order chi connectivity index (χ1) is 9.58. The number of nitrogens with zero attached hydrogens (tertiary/aromatic N) is 1. The molecule has 1 aliphatic rings. The highest BCUT2D eigenvalue weighted by Gasteiger charge is 2.40. The molecule has 2 heterocycles. The average molecular weight is 295 g/mol. The molecule has 2 unspecified atom stereocenters. The quantitative estimate of drug-likeness (QED) is 0.908. The third kappa shape index (κ3) is 2.87. The summed E-state index contributed by atoms with van der Waals surface area (Å²) in [6.07, 6.45) is 2.58. The number of carbonyl (C=O) groups excluding carboxylic acids is 1. The fraction of sp³-hybridized carbons (Fsp3) is 0.600. The summed E-state index contributed by atoms with van der Waals surface area (Å²) in [6, 6.07) is 3.74. The number of likely N-dealkylation sites (tertiary alicyclic amines) is 1. The first kappa shape index (κ1) is 15.0. The topological polar surface area (TPSA) is 57.6 Å². The van der Waals surface area contributed by atoms with Gasteiger partial charge in [0.15, 0.2) is 0 Å². The molecular weight excluding hydrogens is 274 g/mol. The lowest BCUT2D eigenvalue weighted by Crippen LogP contribution is -2.45. The number of aryl methyl sites for hydroxylation is 1. The summed E-state index contributed by atoms with van der Waals surface area (Å²) in [7, 11) is 0. The van der Waals surface area contributed by atoms with E-state index in [-0.39, 0.29) is 11.9 Å². The molecule has 0 spiro atoms. The van der Waals surface area contributed by atoms with E-state index in [1.165, 1.54) is 4.88 Å². The molecule has 20 heavy (non-hydrogen) atoms. The monoisotopic (exact) mass is 295 g/mol. The maximum atomic E-state index is 12.2. The second kappa shape index (κ2) is 6.39. The molecule has 1 N–H and O–H groups in total. The van der Waals surface area contributed by atoms with Crippen molar-refractivity contribution in [2.75, 3.05) is 6.54 Å². The molecule has 1 saturated heterocycles. The van der Waals surface area contributed by atoms with Crippen LogP contribution in [0.3, 0.4) is 0 Å². The molecule has 0 bridgehead atoms. The molecular formula is C15H21NO3S. The maximum Gasteiger partial charge on any atom is 0.308 e. The van der Waals surface area contributed by atoms with Crippen molar-refractivity contribution < 1.29 is 14.7 Å². The summed E-state index contributed by atoms with van der Waals surface area (Å²) in [5, 5.41) is 9.47. The molecule has 0 saturated carbocycles. The molecule has 110 valence electrons. The van der Waals surface area contributed by atoms with Crippen LogP contribution in [0, 0.1) is 5.92 Å². The van der Waals surface area contributed by atoms with Crippen LogP contribution in [0.1, 0.15) is 48.9 Å². The second-order valence-electron chi connectivity index (χ2n) is 5.17. The Kier molecular flexibility index (Phi) is 4.81. The van der Waals surface area contributed by atoms with Gasteiger partial charge in [-0.15, -0.1) is 11.3 Å². The summed E-state index contributed by atoms with van der Waals surface area (Å²) >= 11 is 1.63. The molecule has 1 amide bonds. The predicted molar refractivity (Wildman–Crippen MR) is 78.8 cm³/mol. The number of carbonyl (C=O) groups is 2. The van der Waals surface area contributed by atoms with E-state index < -0.39 is 11.9 Å². The molecule has 5 heteroatoms. The van der Waals surface area contributed by atoms with Gasteiger partial charge >= 0.3 is 5.97 Å². The van der Waals surface area contributed by atoms with Gasteiger partial charge in [-0.05, 0) is 31.4 Å². The Morgan fingerprint density at radius 2 is 2.20 bits per heavy atom. The largest absolute Gasteiger partial charge is 0.481 e. The van der Waals surface area contributed by atoms with E-state index in [0.717, 1.165) is 17.7 Å². The van der Waals surface area contributed by atoms with Gasteiger partial charge in [0.05, 0.1) is 12.0 Å². The number of thiophene rings is 1. The van der Waals surface area contributed by atoms with Gasteiger partial charge in [-0.1, -0.05) is 13.8 Å². The number of carboxylic acids is 1. The number of hydrogen-bond donors (Lipinski definition) is 1. The molecule has 1 aliphatic heterocycles. The van der Waals surface area contributed by atoms with Crippen molar-refractivity contribution in [1.29, 1.82) is 0 Å². The van der Waals surface area contributed by atoms with E-state index >= 15 is 0 Å². The highest BCUT2D eigenvalue weighted by Crippen LogP contribution is 2.40. The third-order valence-electron chi connectivity index (χ3n) is 3.81. The lowest BCUT2D eigenvalue weighted by Gasteiger charge is -2.39. The zero-order chi connectivity index (χ0) is 14.7. The van der Waals surface area contributed by atoms with Gasteiger partial charge in [0.1, 0.15) is 0 Å². The molecule has 0 radical (unpaired) electrons. The van der Waals surface area contributed by atoms with Crippen molar-refractivity contribution in [2.24, 2.45) is 5.92 Å². The van der Waals surface area contributed by atoms with E-state index in [2.05, 4.69) is 6.92 Å². The fourth-order valence-corrected chi connectivity index (χ4v) is 3.94. The van der Waals surface area contributed by atoms with E-state index in [4.69, 9.17) is 0 Å². The van der Waals surface area contributed by atoms with Crippen molar-refractivity contribution in [2.45, 2.75) is 45.6 Å². The third-order valence-corrected chi connectivity index (χ3v) is 5.11. The van der Waals surface area contributed by atoms with Crippen LogP contribution >= 0.6 is 11.3 Å². The lowest BCUT2D eigenvalue weighted by atomic mass is 9.87. The Bertz CT molecular complexity index is 497. The van der Waals surface area contributed by atoms with Crippen molar-refractivity contribution in [3.8, 4) is 0 Å². The van der Waals surface area contributed by atoms with Crippen molar-refractivity contribution >= 4 is 23.2 Å². The Hall–Kier alpha value is -1.36. The van der Waals surface area contributed by atoms with E-state index in [9.17, 15) is 14.7 Å². The van der Waals surface area contributed by atoms with Crippen LogP contribution < -0.4 is 0 Å². The van der Waals surface area contributed by atoms with Crippen molar-refractivity contribution in [1.82, 2.24) is 4.90 Å². The average Bonchev–Trinajstić information content (AvgIpc) is 2.89. The molecule has 0 aliphatic carbocycles. The summed E-state index contributed by atoms with van der Waals surface area (Å²) < 4.78 is 0. The SMILES string of the molecule is CCCN1C(=O)CCC(C(=O)O)C1c1ccc(CC)s1. The molecule has 0 aromatic carbocycles. The number of amides is 1. The van der Waals surface area contributed by atoms with Gasteiger partial charge in [0, 0.05) is 22.7 Å². The van der Waals surface area contributed by atoms with Crippen LogP contribution in [0.4, 0.5) is 0 Å². The van der Waals surface area contributed by atoms with Crippen LogP contribution in [0.15, 0.2) is 12.1 Å². The number of carboxylic acid groups (broad SMARTS) is 1. The second-order valence-corrected chi connectivity index (χ2v) is 6.37. The van der Waals surface area contributed by atoms with Gasteiger partial charge in [-0.2, -0.15) is 0 Å². The normalized spacial score (nSPS) is 23.1. The van der Waals surface area contributed by atoms with Crippen molar-refractivity contribution in [3.05, 3.63) is 21.9 Å². The van der Waals surface area contributed by atoms with Crippen LogP contribution in [0.25, 0.3) is 0 Å². The summed E-state index contributed by atoms with van der Waals surface area (Å²) in [5.74, 6) is -1.20. The number of piperidine rings is 1. The number of hydrogen-bond acceptors (Lipinski definition) is 3. The summed E-state index contributed by atoms with van der Waals surface area (Å²) in [4.78, 5) is 27.7. The Balaban J connectivity index is 2.37. The minimum atomic E-state index is -0.796. The Labute approximate surface area is 123 Å². The Morgan fingerprint density at radius 3 is 2.75 bits per heavy atom. The minimum Gasteiger partial charge on any atom is -0.481 e. The van der Waals surface area contributed by atoms with E-state index in [0.29, 0.717) is 19.4 Å². The predicted octanol–water partition coefficient (Wildman–Crippen LogP) is 3.08. The molecule has 2 atom stereocenters. The van der Waals surface area contributed by atoms with E-state index in [1.807, 2.05) is 19.1 Å². The number of rotatable bonds is 5. The lowest BCUT2D eigenvalue weighted by molar-refractivity contribution is -0.152. The van der Waals surface area contributed by atoms with E-state index in [1.54, 1.807) is 16.2 Å². The van der Waals surface area contributed by atoms with Crippen LogP contribution in [0.2, 0.25) is 0 Å². The first-order valence-electron chi connectivity index (χ1n) is 7.19. The summed E-state index contributed by atoms with van der Waals surface area (Å²) in [5.41, 5.74) is 0. The highest BCUT2D eigenvalue weighted by molar-refractivity contribution is 7.12. The van der Waals surface area contributed by atoms with Crippen molar-refractivity contribution in [3.63, 3.8) is 0 Å². The molecule has 4 nitrogen and oxygen atoms in total. The maximum absolute atomic E-state index is 12.2. The van der Waals surface area contributed by atoms with Gasteiger partial charge in [0.2, 0.25) is 5.91 Å². The molecule has 2 rings (SSSR count). The highest BCUT2D eigenvalue weighted by atomic mass is 32.1. The van der Waals surface area contributed by atoms with Gasteiger partial charge in [-0.25, -0.2) is 0 Å². The summed E-state index contributed by atoms with van der Waals surface area (Å²) in [6.45, 7) is 4.73. The van der Waals surface area contributed by atoms with Gasteiger partial charge in [0.25, 0.3) is 0 Å². The van der Waals surface area contributed by atoms with Gasteiger partial charge in [-0.3, -0.25) is 9.59 Å². The number of aliphatic carboxylic acids is 1. The molecule has 1 aromatic heterocycles. The fourth-order valence-electron chi connectivity index (χ4n) is 2.81.